The second kappa shape index (κ2) is 4.70. The van der Waals surface area contributed by atoms with Crippen LogP contribution < -0.4 is 0 Å². The van der Waals surface area contributed by atoms with Crippen LogP contribution in [-0.2, 0) is 6.61 Å². The van der Waals surface area contributed by atoms with E-state index in [1.807, 2.05) is 13.8 Å². The van der Waals surface area contributed by atoms with Crippen molar-refractivity contribution in [3.05, 3.63) is 28.6 Å². The predicted octanol–water partition coefficient (Wildman–Crippen LogP) is 1.52. The van der Waals surface area contributed by atoms with Crippen LogP contribution in [0, 0.1) is 0 Å². The van der Waals surface area contributed by atoms with E-state index in [0.717, 1.165) is 5.57 Å². The third-order valence-electron chi connectivity index (χ3n) is 1.92. The van der Waals surface area contributed by atoms with Crippen molar-refractivity contribution in [1.29, 1.82) is 0 Å². The highest BCUT2D eigenvalue weighted by Gasteiger charge is 2.11. The number of carbonyl (C=O) groups excluding carboxylic acids is 1. The number of nitrogens with zero attached hydrogens (tertiary/aromatic N) is 1. The topological polar surface area (TPSA) is 70.4 Å². The highest BCUT2D eigenvalue weighted by atomic mass is 16.3. The van der Waals surface area contributed by atoms with E-state index in [0.29, 0.717) is 17.5 Å². The summed E-state index contributed by atoms with van der Waals surface area (Å²) in [5.41, 5.74) is 1.73. The minimum absolute atomic E-state index is 0.0972. The van der Waals surface area contributed by atoms with Gasteiger partial charge in [-0.2, -0.15) is 0 Å². The van der Waals surface area contributed by atoms with Gasteiger partial charge in [0.05, 0.1) is 12.2 Å². The van der Waals surface area contributed by atoms with Crippen LogP contribution >= 0.6 is 0 Å². The van der Waals surface area contributed by atoms with Crippen molar-refractivity contribution in [3.63, 3.8) is 0 Å². The van der Waals surface area contributed by atoms with Crippen molar-refractivity contribution in [1.82, 2.24) is 4.98 Å². The van der Waals surface area contributed by atoms with Crippen LogP contribution in [-0.4, -0.2) is 21.5 Å². The molecule has 0 unspecified atom stereocenters. The molecule has 4 nitrogen and oxygen atoms in total. The van der Waals surface area contributed by atoms with Crippen LogP contribution in [0.2, 0.25) is 0 Å². The monoisotopic (exact) mass is 207 g/mol. The zero-order valence-electron chi connectivity index (χ0n) is 8.69. The highest BCUT2D eigenvalue weighted by Crippen LogP contribution is 2.24. The lowest BCUT2D eigenvalue weighted by Crippen LogP contribution is -1.97. The standard InChI is InChI=1S/C11H13NO3/c1-7(2)3-10-11(15)9(6-14)8(5-13)4-12-10/h3-4,6,13,15H,5H2,1-2H3. The summed E-state index contributed by atoms with van der Waals surface area (Å²) in [7, 11) is 0. The number of hydrogen-bond donors (Lipinski definition) is 2. The van der Waals surface area contributed by atoms with E-state index in [2.05, 4.69) is 4.98 Å². The average Bonchev–Trinajstić information content (AvgIpc) is 2.20. The van der Waals surface area contributed by atoms with Crippen LogP contribution in [0.1, 0.15) is 35.5 Å². The Hall–Kier alpha value is -1.68. The van der Waals surface area contributed by atoms with Gasteiger partial charge in [-0.3, -0.25) is 9.78 Å². The van der Waals surface area contributed by atoms with Crippen LogP contribution in [0.4, 0.5) is 0 Å². The lowest BCUT2D eigenvalue weighted by atomic mass is 10.1. The maximum Gasteiger partial charge on any atom is 0.154 e. The van der Waals surface area contributed by atoms with Gasteiger partial charge in [-0.25, -0.2) is 0 Å². The molecule has 4 heteroatoms. The molecule has 0 aliphatic carbocycles. The first kappa shape index (κ1) is 11.4. The van der Waals surface area contributed by atoms with Gasteiger partial charge in [0.1, 0.15) is 5.69 Å². The zero-order chi connectivity index (χ0) is 11.4. The molecule has 0 radical (unpaired) electrons. The number of aromatic nitrogens is 1. The first-order chi connectivity index (χ1) is 7.10. The molecule has 0 aliphatic rings. The summed E-state index contributed by atoms with van der Waals surface area (Å²) >= 11 is 0. The van der Waals surface area contributed by atoms with Crippen LogP contribution in [0.5, 0.6) is 5.75 Å². The Balaban J connectivity index is 3.35. The van der Waals surface area contributed by atoms with E-state index in [9.17, 15) is 9.90 Å². The summed E-state index contributed by atoms with van der Waals surface area (Å²) < 4.78 is 0. The van der Waals surface area contributed by atoms with Crippen LogP contribution in [0.15, 0.2) is 11.8 Å². The fraction of sp³-hybridized carbons (Fsp3) is 0.273. The van der Waals surface area contributed by atoms with E-state index < -0.39 is 0 Å². The Morgan fingerprint density at radius 1 is 1.53 bits per heavy atom. The molecular weight excluding hydrogens is 194 g/mol. The summed E-state index contributed by atoms with van der Waals surface area (Å²) in [4.78, 5) is 14.7. The Morgan fingerprint density at radius 3 is 2.67 bits per heavy atom. The molecule has 1 heterocycles. The fourth-order valence-electron chi connectivity index (χ4n) is 1.20. The smallest absolute Gasteiger partial charge is 0.154 e. The van der Waals surface area contributed by atoms with Gasteiger partial charge in [0.2, 0.25) is 0 Å². The van der Waals surface area contributed by atoms with Crippen LogP contribution in [0.3, 0.4) is 0 Å². The Kier molecular flexibility index (Phi) is 3.57. The molecule has 15 heavy (non-hydrogen) atoms. The molecule has 0 amide bonds. The summed E-state index contributed by atoms with van der Waals surface area (Å²) in [6.45, 7) is 3.41. The summed E-state index contributed by atoms with van der Waals surface area (Å²) in [6.07, 6.45) is 3.58. The molecule has 1 aromatic heterocycles. The third kappa shape index (κ3) is 2.41. The molecule has 0 bridgehead atoms. The summed E-state index contributed by atoms with van der Waals surface area (Å²) in [5.74, 6) is -0.183. The van der Waals surface area contributed by atoms with Gasteiger partial charge in [0.15, 0.2) is 12.0 Å². The number of aliphatic hydroxyl groups excluding tert-OH is 1. The lowest BCUT2D eigenvalue weighted by Gasteiger charge is -2.06. The molecule has 0 saturated carbocycles. The number of carbonyl (C=O) groups is 1. The van der Waals surface area contributed by atoms with Crippen molar-refractivity contribution in [2.75, 3.05) is 0 Å². The number of allylic oxidation sites excluding steroid dienone is 1. The van der Waals surface area contributed by atoms with Gasteiger partial charge >= 0.3 is 0 Å². The van der Waals surface area contributed by atoms with Gasteiger partial charge < -0.3 is 10.2 Å². The highest BCUT2D eigenvalue weighted by molar-refractivity contribution is 5.83. The Bertz CT molecular complexity index is 407. The third-order valence-corrected chi connectivity index (χ3v) is 1.92. The molecule has 0 aliphatic heterocycles. The van der Waals surface area contributed by atoms with Crippen LogP contribution in [0.25, 0.3) is 6.08 Å². The number of pyridine rings is 1. The van der Waals surface area contributed by atoms with Gasteiger partial charge in [-0.05, 0) is 19.9 Å². The maximum atomic E-state index is 10.7. The van der Waals surface area contributed by atoms with E-state index in [1.165, 1.54) is 6.20 Å². The van der Waals surface area contributed by atoms with E-state index in [-0.39, 0.29) is 17.9 Å². The van der Waals surface area contributed by atoms with Crippen molar-refractivity contribution < 1.29 is 15.0 Å². The predicted molar refractivity (Wildman–Crippen MR) is 56.5 cm³/mol. The number of aromatic hydroxyl groups is 1. The number of hydrogen-bond acceptors (Lipinski definition) is 4. The van der Waals surface area contributed by atoms with Gasteiger partial charge in [0.25, 0.3) is 0 Å². The number of aliphatic hydroxyl groups is 1. The first-order valence-electron chi connectivity index (χ1n) is 4.52. The minimum atomic E-state index is -0.316. The van der Waals surface area contributed by atoms with Crippen molar-refractivity contribution >= 4 is 12.4 Å². The SMILES string of the molecule is CC(C)=Cc1ncc(CO)c(C=O)c1O. The summed E-state index contributed by atoms with van der Waals surface area (Å²) in [5, 5.41) is 18.6. The lowest BCUT2D eigenvalue weighted by molar-refractivity contribution is 0.111. The molecule has 0 aromatic carbocycles. The molecule has 2 N–H and O–H groups in total. The molecule has 0 saturated heterocycles. The van der Waals surface area contributed by atoms with Crippen molar-refractivity contribution in [2.24, 2.45) is 0 Å². The Morgan fingerprint density at radius 2 is 2.20 bits per heavy atom. The zero-order valence-corrected chi connectivity index (χ0v) is 8.69. The van der Waals surface area contributed by atoms with E-state index in [4.69, 9.17) is 5.11 Å². The fourth-order valence-corrected chi connectivity index (χ4v) is 1.20. The molecule has 0 fully saturated rings. The number of rotatable bonds is 3. The second-order valence-corrected chi connectivity index (χ2v) is 3.43. The largest absolute Gasteiger partial charge is 0.505 e. The Labute approximate surface area is 87.9 Å². The maximum absolute atomic E-state index is 10.7. The second-order valence-electron chi connectivity index (χ2n) is 3.43. The van der Waals surface area contributed by atoms with E-state index in [1.54, 1.807) is 6.08 Å². The molecule has 1 aromatic rings. The molecule has 1 rings (SSSR count). The number of aldehydes is 1. The molecule has 80 valence electrons. The summed E-state index contributed by atoms with van der Waals surface area (Å²) in [6, 6.07) is 0. The quantitative estimate of drug-likeness (QED) is 0.737. The normalized spacial score (nSPS) is 9.80. The molecular formula is C11H13NO3. The minimum Gasteiger partial charge on any atom is -0.505 e. The molecule has 0 spiro atoms. The van der Waals surface area contributed by atoms with Gasteiger partial charge in [-0.1, -0.05) is 5.57 Å². The van der Waals surface area contributed by atoms with E-state index >= 15 is 0 Å². The molecule has 0 atom stereocenters. The van der Waals surface area contributed by atoms with Gasteiger partial charge in [-0.15, -0.1) is 0 Å². The first-order valence-corrected chi connectivity index (χ1v) is 4.52. The van der Waals surface area contributed by atoms with Gasteiger partial charge in [0, 0.05) is 11.8 Å². The van der Waals surface area contributed by atoms with Crippen molar-refractivity contribution in [3.8, 4) is 5.75 Å². The average molecular weight is 207 g/mol. The van der Waals surface area contributed by atoms with Crippen molar-refractivity contribution in [2.45, 2.75) is 20.5 Å².